The second kappa shape index (κ2) is 11.0. The molecule has 42 heavy (non-hydrogen) atoms. The van der Waals surface area contributed by atoms with Gasteiger partial charge in [0.15, 0.2) is 16.9 Å². The lowest BCUT2D eigenvalue weighted by Crippen LogP contribution is -2.30. The number of fused-ring (bicyclic) bond motifs is 3. The molecular weight excluding hydrogens is 538 g/mol. The van der Waals surface area contributed by atoms with Gasteiger partial charge >= 0.3 is 5.69 Å². The SMILES string of the molecule is CCCn1c(O)c(N=Nc2nc3c(c(=O)[nH]c(=O)n3C)n2CC(O)COc2ccc3ccccc3c2)c2ccccc21. The number of para-hydroxylation sites is 1. The molecule has 1 unspecified atom stereocenters. The predicted molar refractivity (Wildman–Crippen MR) is 159 cm³/mol. The van der Waals surface area contributed by atoms with E-state index in [4.69, 9.17) is 4.74 Å². The van der Waals surface area contributed by atoms with Crippen molar-refractivity contribution in [1.29, 1.82) is 0 Å². The molecule has 3 aromatic carbocycles. The number of aliphatic hydroxyl groups excluding tert-OH is 1. The monoisotopic (exact) mass is 567 g/mol. The zero-order chi connectivity index (χ0) is 29.4. The van der Waals surface area contributed by atoms with E-state index in [1.54, 1.807) is 4.57 Å². The quantitative estimate of drug-likeness (QED) is 0.219. The summed E-state index contributed by atoms with van der Waals surface area (Å²) in [5, 5.41) is 33.3. The van der Waals surface area contributed by atoms with Gasteiger partial charge in [0.2, 0.25) is 5.88 Å². The summed E-state index contributed by atoms with van der Waals surface area (Å²) in [5.41, 5.74) is -0.125. The zero-order valence-corrected chi connectivity index (χ0v) is 23.1. The molecule has 12 heteroatoms. The molecule has 1 atom stereocenters. The third kappa shape index (κ3) is 4.81. The molecular formula is C30H29N7O5. The fourth-order valence-corrected chi connectivity index (χ4v) is 5.10. The van der Waals surface area contributed by atoms with E-state index < -0.39 is 17.4 Å². The number of rotatable bonds is 9. The van der Waals surface area contributed by atoms with Crippen molar-refractivity contribution >= 4 is 44.5 Å². The number of aryl methyl sites for hydroxylation is 2. The molecule has 0 saturated heterocycles. The number of aromatic amines is 1. The topological polar surface area (TPSA) is 152 Å². The Balaban J connectivity index is 1.36. The Bertz CT molecular complexity index is 2090. The molecule has 3 heterocycles. The van der Waals surface area contributed by atoms with Crippen molar-refractivity contribution in [2.75, 3.05) is 6.61 Å². The van der Waals surface area contributed by atoms with Crippen molar-refractivity contribution in [1.82, 2.24) is 23.7 Å². The van der Waals surface area contributed by atoms with Gasteiger partial charge in [-0.25, -0.2) is 4.79 Å². The highest BCUT2D eigenvalue weighted by Gasteiger charge is 2.21. The van der Waals surface area contributed by atoms with E-state index in [9.17, 15) is 19.8 Å². The average molecular weight is 568 g/mol. The Morgan fingerprint density at radius 2 is 1.76 bits per heavy atom. The molecule has 6 rings (SSSR count). The number of azo groups is 1. The Morgan fingerprint density at radius 1 is 1.00 bits per heavy atom. The van der Waals surface area contributed by atoms with Crippen LogP contribution in [0.4, 0.5) is 11.6 Å². The molecule has 0 aliphatic heterocycles. The third-order valence-corrected chi connectivity index (χ3v) is 7.15. The van der Waals surface area contributed by atoms with Gasteiger partial charge in [-0.1, -0.05) is 55.5 Å². The fourth-order valence-electron chi connectivity index (χ4n) is 5.10. The third-order valence-electron chi connectivity index (χ3n) is 7.15. The number of hydrogen-bond donors (Lipinski definition) is 3. The van der Waals surface area contributed by atoms with Gasteiger partial charge in [0.05, 0.1) is 12.1 Å². The number of hydrogen-bond acceptors (Lipinski definition) is 8. The number of H-pyrrole nitrogens is 1. The Labute approximate surface area is 238 Å². The Morgan fingerprint density at radius 3 is 2.57 bits per heavy atom. The molecule has 0 spiro atoms. The first-order valence-electron chi connectivity index (χ1n) is 13.6. The second-order valence-electron chi connectivity index (χ2n) is 10.0. The van der Waals surface area contributed by atoms with E-state index in [0.29, 0.717) is 17.7 Å². The van der Waals surface area contributed by atoms with E-state index in [1.807, 2.05) is 73.7 Å². The van der Waals surface area contributed by atoms with E-state index in [2.05, 4.69) is 20.2 Å². The number of nitrogens with one attached hydrogen (secondary N) is 1. The van der Waals surface area contributed by atoms with Crippen LogP contribution in [0.15, 0.2) is 86.5 Å². The lowest BCUT2D eigenvalue weighted by Gasteiger charge is -2.14. The maximum absolute atomic E-state index is 12.9. The van der Waals surface area contributed by atoms with Crippen LogP contribution < -0.4 is 16.0 Å². The summed E-state index contributed by atoms with van der Waals surface area (Å²) in [5.74, 6) is 0.522. The van der Waals surface area contributed by atoms with Crippen LogP contribution in [0.2, 0.25) is 0 Å². The van der Waals surface area contributed by atoms with Crippen LogP contribution in [0, 0.1) is 0 Å². The highest BCUT2D eigenvalue weighted by atomic mass is 16.5. The van der Waals surface area contributed by atoms with E-state index in [-0.39, 0.29) is 41.8 Å². The number of nitrogens with zero attached hydrogens (tertiary/aromatic N) is 6. The van der Waals surface area contributed by atoms with Gasteiger partial charge < -0.3 is 19.5 Å². The van der Waals surface area contributed by atoms with Crippen LogP contribution in [-0.2, 0) is 20.1 Å². The number of aromatic nitrogens is 5. The first kappa shape index (κ1) is 27.0. The largest absolute Gasteiger partial charge is 0.493 e. The van der Waals surface area contributed by atoms with Crippen molar-refractivity contribution in [3.8, 4) is 11.6 Å². The van der Waals surface area contributed by atoms with Gasteiger partial charge in [-0.3, -0.25) is 18.9 Å². The summed E-state index contributed by atoms with van der Waals surface area (Å²) in [6, 6.07) is 21.0. The lowest BCUT2D eigenvalue weighted by molar-refractivity contribution is 0.0938. The van der Waals surface area contributed by atoms with Crippen LogP contribution >= 0.6 is 0 Å². The van der Waals surface area contributed by atoms with Gasteiger partial charge in [-0.05, 0) is 35.4 Å². The second-order valence-corrected chi connectivity index (χ2v) is 10.0. The Hall–Kier alpha value is -5.23. The Kier molecular flexibility index (Phi) is 7.05. The maximum Gasteiger partial charge on any atom is 0.329 e. The van der Waals surface area contributed by atoms with Crippen LogP contribution in [-0.4, -0.2) is 46.6 Å². The van der Waals surface area contributed by atoms with Gasteiger partial charge in [-0.2, -0.15) is 4.98 Å². The van der Waals surface area contributed by atoms with Crippen molar-refractivity contribution in [3.63, 3.8) is 0 Å². The van der Waals surface area contributed by atoms with Crippen LogP contribution in [0.1, 0.15) is 13.3 Å². The molecule has 0 aliphatic rings. The van der Waals surface area contributed by atoms with Crippen LogP contribution in [0.5, 0.6) is 11.6 Å². The van der Waals surface area contributed by atoms with Gasteiger partial charge in [0, 0.05) is 19.0 Å². The normalized spacial score (nSPS) is 12.6. The minimum absolute atomic E-state index is 0.0202. The number of benzene rings is 3. The molecule has 0 radical (unpaired) electrons. The molecule has 0 bridgehead atoms. The maximum atomic E-state index is 12.9. The van der Waals surface area contributed by atoms with Crippen LogP contribution in [0.25, 0.3) is 32.8 Å². The minimum Gasteiger partial charge on any atom is -0.493 e. The first-order valence-corrected chi connectivity index (χ1v) is 13.6. The van der Waals surface area contributed by atoms with E-state index in [1.165, 1.54) is 16.2 Å². The molecule has 3 N–H and O–H groups in total. The summed E-state index contributed by atoms with van der Waals surface area (Å²) in [7, 11) is 1.47. The molecule has 0 fully saturated rings. The van der Waals surface area contributed by atoms with E-state index >= 15 is 0 Å². The molecule has 0 aliphatic carbocycles. The van der Waals surface area contributed by atoms with Crippen molar-refractivity contribution in [3.05, 3.63) is 87.6 Å². The number of ether oxygens (including phenoxy) is 1. The first-order chi connectivity index (χ1) is 20.4. The highest BCUT2D eigenvalue weighted by Crippen LogP contribution is 2.39. The summed E-state index contributed by atoms with van der Waals surface area (Å²) < 4.78 is 10.2. The molecule has 6 aromatic rings. The van der Waals surface area contributed by atoms with Gasteiger partial charge in [-0.15, -0.1) is 10.2 Å². The zero-order valence-electron chi connectivity index (χ0n) is 23.1. The van der Waals surface area contributed by atoms with Gasteiger partial charge in [0.1, 0.15) is 18.5 Å². The smallest absolute Gasteiger partial charge is 0.329 e. The standard InChI is InChI=1S/C30H29N7O5/c1-3-14-36-23-11-7-6-10-22(23)24(28(36)40)33-34-29-31-26-25(27(39)32-30(41)35(26)2)37(29)16-20(38)17-42-21-13-12-18-8-4-5-9-19(18)15-21/h4-13,15,20,38,40H,3,14,16-17H2,1-2H3,(H,32,39,41). The lowest BCUT2D eigenvalue weighted by atomic mass is 10.1. The highest BCUT2D eigenvalue weighted by molar-refractivity contribution is 5.95. The van der Waals surface area contributed by atoms with Crippen molar-refractivity contribution in [2.45, 2.75) is 32.5 Å². The molecule has 0 saturated carbocycles. The number of aliphatic hydroxyl groups is 1. The minimum atomic E-state index is -1.07. The summed E-state index contributed by atoms with van der Waals surface area (Å²) >= 11 is 0. The summed E-state index contributed by atoms with van der Waals surface area (Å²) in [6.45, 7) is 2.39. The number of aromatic hydroxyl groups is 1. The average Bonchev–Trinajstić information content (AvgIpc) is 3.48. The summed E-state index contributed by atoms with van der Waals surface area (Å²) in [4.78, 5) is 31.9. The fraction of sp³-hybridized carbons (Fsp3) is 0.233. The van der Waals surface area contributed by atoms with E-state index in [0.717, 1.165) is 22.7 Å². The van der Waals surface area contributed by atoms with Crippen molar-refractivity contribution < 1.29 is 14.9 Å². The van der Waals surface area contributed by atoms with Crippen LogP contribution in [0.3, 0.4) is 0 Å². The molecule has 214 valence electrons. The molecule has 3 aromatic heterocycles. The molecule has 12 nitrogen and oxygen atoms in total. The van der Waals surface area contributed by atoms with Gasteiger partial charge in [0.25, 0.3) is 11.5 Å². The summed E-state index contributed by atoms with van der Waals surface area (Å²) in [6.07, 6.45) is -0.270. The predicted octanol–water partition coefficient (Wildman–Crippen LogP) is 4.50. The van der Waals surface area contributed by atoms with Crippen molar-refractivity contribution in [2.24, 2.45) is 17.3 Å². The number of imidazole rings is 1. The molecule has 0 amide bonds.